The summed E-state index contributed by atoms with van der Waals surface area (Å²) in [6.45, 7) is 1.95. The van der Waals surface area contributed by atoms with Gasteiger partial charge in [0.25, 0.3) is 0 Å². The molecule has 0 aromatic carbocycles. The second-order valence-electron chi connectivity index (χ2n) is 2.79. The molecular weight excluding hydrogens is 212 g/mol. The van der Waals surface area contributed by atoms with E-state index in [1.165, 1.54) is 12.3 Å². The van der Waals surface area contributed by atoms with Crippen molar-refractivity contribution >= 4 is 23.2 Å². The Labute approximate surface area is 86.9 Å². The van der Waals surface area contributed by atoms with E-state index >= 15 is 0 Å². The molecule has 1 aromatic rings. The predicted octanol–water partition coefficient (Wildman–Crippen LogP) is 3.43. The Hall–Kier alpha value is -0.340. The Morgan fingerprint density at radius 3 is 2.85 bits per heavy atom. The summed E-state index contributed by atoms with van der Waals surface area (Å²) in [4.78, 5) is 3.87. The van der Waals surface area contributed by atoms with Crippen LogP contribution in [-0.2, 0) is 6.42 Å². The Kier molecular flexibility index (Phi) is 3.94. The minimum Gasteiger partial charge on any atom is -0.257 e. The molecule has 1 atom stereocenters. The zero-order chi connectivity index (χ0) is 9.84. The Morgan fingerprint density at radius 1 is 1.62 bits per heavy atom. The van der Waals surface area contributed by atoms with Gasteiger partial charge in [-0.25, -0.2) is 4.39 Å². The van der Waals surface area contributed by atoms with Crippen molar-refractivity contribution < 1.29 is 4.39 Å². The molecule has 0 saturated heterocycles. The maximum atomic E-state index is 13.1. The fourth-order valence-corrected chi connectivity index (χ4v) is 1.24. The normalized spacial score (nSPS) is 12.9. The smallest absolute Gasteiger partial charge is 0.146 e. The van der Waals surface area contributed by atoms with Crippen molar-refractivity contribution in [1.29, 1.82) is 0 Å². The first-order chi connectivity index (χ1) is 6.13. The van der Waals surface area contributed by atoms with E-state index in [1.54, 1.807) is 0 Å². The van der Waals surface area contributed by atoms with Gasteiger partial charge in [-0.2, -0.15) is 0 Å². The van der Waals surface area contributed by atoms with Gasteiger partial charge in [0, 0.05) is 18.0 Å². The number of halogens is 3. The van der Waals surface area contributed by atoms with Crippen LogP contribution in [0.3, 0.4) is 0 Å². The zero-order valence-corrected chi connectivity index (χ0v) is 8.74. The van der Waals surface area contributed by atoms with E-state index in [0.717, 1.165) is 6.42 Å². The molecule has 0 aliphatic rings. The first-order valence-corrected chi connectivity index (χ1v) is 4.89. The quantitative estimate of drug-likeness (QED) is 0.714. The highest BCUT2D eigenvalue weighted by Gasteiger charge is 2.09. The molecule has 0 N–H and O–H groups in total. The summed E-state index contributed by atoms with van der Waals surface area (Å²) in [6.07, 6.45) is 2.67. The third-order valence-electron chi connectivity index (χ3n) is 1.74. The number of alkyl halides is 1. The summed E-state index contributed by atoms with van der Waals surface area (Å²) in [7, 11) is 0. The van der Waals surface area contributed by atoms with Crippen molar-refractivity contribution in [3.05, 3.63) is 28.8 Å². The fraction of sp³-hybridized carbons (Fsp3) is 0.444. The minimum atomic E-state index is -0.383. The van der Waals surface area contributed by atoms with Gasteiger partial charge in [-0.3, -0.25) is 4.98 Å². The molecule has 1 nitrogen and oxygen atoms in total. The van der Waals surface area contributed by atoms with E-state index in [2.05, 4.69) is 4.98 Å². The summed E-state index contributed by atoms with van der Waals surface area (Å²) >= 11 is 11.4. The minimum absolute atomic E-state index is 0.0665. The van der Waals surface area contributed by atoms with Gasteiger partial charge in [0.05, 0.1) is 10.7 Å². The molecule has 0 spiro atoms. The largest absolute Gasteiger partial charge is 0.257 e. The maximum Gasteiger partial charge on any atom is 0.146 e. The molecule has 72 valence electrons. The zero-order valence-electron chi connectivity index (χ0n) is 7.23. The second-order valence-corrected chi connectivity index (χ2v) is 3.85. The van der Waals surface area contributed by atoms with E-state index in [4.69, 9.17) is 23.2 Å². The summed E-state index contributed by atoms with van der Waals surface area (Å²) in [5, 5.41) is 0.243. The first kappa shape index (κ1) is 10.7. The second kappa shape index (κ2) is 4.77. The van der Waals surface area contributed by atoms with Crippen LogP contribution in [0.2, 0.25) is 5.02 Å². The van der Waals surface area contributed by atoms with Crippen molar-refractivity contribution in [3.8, 4) is 0 Å². The van der Waals surface area contributed by atoms with Gasteiger partial charge in [0.15, 0.2) is 0 Å². The lowest BCUT2D eigenvalue weighted by Gasteiger charge is -2.06. The summed E-state index contributed by atoms with van der Waals surface area (Å²) in [6, 6.07) is 1.25. The van der Waals surface area contributed by atoms with E-state index in [0.29, 0.717) is 17.1 Å². The highest BCUT2D eigenvalue weighted by molar-refractivity contribution is 6.30. The van der Waals surface area contributed by atoms with Crippen molar-refractivity contribution in [3.63, 3.8) is 0 Å². The summed E-state index contributed by atoms with van der Waals surface area (Å²) < 4.78 is 13.1. The van der Waals surface area contributed by atoms with E-state index in [-0.39, 0.29) is 11.2 Å². The van der Waals surface area contributed by atoms with Crippen LogP contribution in [0.1, 0.15) is 19.0 Å². The molecule has 0 aliphatic carbocycles. The van der Waals surface area contributed by atoms with E-state index < -0.39 is 0 Å². The molecule has 0 aliphatic heterocycles. The Balaban J connectivity index is 2.77. The molecule has 1 aromatic heterocycles. The fourth-order valence-electron chi connectivity index (χ4n) is 0.947. The maximum absolute atomic E-state index is 13.1. The lowest BCUT2D eigenvalue weighted by Crippen LogP contribution is -2.05. The lowest BCUT2D eigenvalue weighted by molar-refractivity contribution is 0.592. The molecule has 4 heteroatoms. The number of pyridine rings is 1. The van der Waals surface area contributed by atoms with Gasteiger partial charge in [-0.1, -0.05) is 18.5 Å². The molecule has 1 heterocycles. The van der Waals surface area contributed by atoms with Gasteiger partial charge in [0.1, 0.15) is 5.82 Å². The van der Waals surface area contributed by atoms with Crippen LogP contribution >= 0.6 is 23.2 Å². The van der Waals surface area contributed by atoms with Crippen molar-refractivity contribution in [1.82, 2.24) is 4.98 Å². The number of aromatic nitrogens is 1. The van der Waals surface area contributed by atoms with Crippen molar-refractivity contribution in [2.45, 2.75) is 25.1 Å². The van der Waals surface area contributed by atoms with Crippen molar-refractivity contribution in [2.24, 2.45) is 0 Å². The van der Waals surface area contributed by atoms with Crippen LogP contribution in [-0.4, -0.2) is 10.4 Å². The molecule has 0 saturated carbocycles. The van der Waals surface area contributed by atoms with Crippen LogP contribution in [0.25, 0.3) is 0 Å². The Morgan fingerprint density at radius 2 is 2.31 bits per heavy atom. The van der Waals surface area contributed by atoms with Crippen LogP contribution in [0, 0.1) is 5.82 Å². The Bertz CT molecular complexity index is 291. The molecule has 13 heavy (non-hydrogen) atoms. The lowest BCUT2D eigenvalue weighted by atomic mass is 10.2. The SMILES string of the molecule is CCC(Cl)Cc1ncc(Cl)cc1F. The van der Waals surface area contributed by atoms with Crippen LogP contribution in [0.5, 0.6) is 0 Å². The predicted molar refractivity (Wildman–Crippen MR) is 52.8 cm³/mol. The van der Waals surface area contributed by atoms with Crippen LogP contribution in [0.15, 0.2) is 12.3 Å². The highest BCUT2D eigenvalue weighted by Crippen LogP contribution is 2.15. The van der Waals surface area contributed by atoms with Gasteiger partial charge < -0.3 is 0 Å². The average molecular weight is 222 g/mol. The van der Waals surface area contributed by atoms with Gasteiger partial charge in [0.2, 0.25) is 0 Å². The topological polar surface area (TPSA) is 12.9 Å². The van der Waals surface area contributed by atoms with E-state index in [9.17, 15) is 4.39 Å². The highest BCUT2D eigenvalue weighted by atomic mass is 35.5. The average Bonchev–Trinajstić information content (AvgIpc) is 2.09. The van der Waals surface area contributed by atoms with Crippen LogP contribution in [0.4, 0.5) is 4.39 Å². The molecule has 0 fully saturated rings. The number of hydrogen-bond donors (Lipinski definition) is 0. The molecule has 0 radical (unpaired) electrons. The molecule has 0 bridgehead atoms. The van der Waals surface area contributed by atoms with Gasteiger partial charge in [-0.15, -0.1) is 11.6 Å². The standard InChI is InChI=1S/C9H10Cl2FN/c1-2-6(10)4-9-8(12)3-7(11)5-13-9/h3,5-6H,2,4H2,1H3. The van der Waals surface area contributed by atoms with Crippen LogP contribution < -0.4 is 0 Å². The third kappa shape index (κ3) is 3.12. The number of rotatable bonds is 3. The van der Waals surface area contributed by atoms with Gasteiger partial charge in [-0.05, 0) is 12.5 Å². The van der Waals surface area contributed by atoms with E-state index in [1.807, 2.05) is 6.92 Å². The first-order valence-electron chi connectivity index (χ1n) is 4.07. The molecule has 1 rings (SSSR count). The summed E-state index contributed by atoms with van der Waals surface area (Å²) in [5.74, 6) is -0.383. The van der Waals surface area contributed by atoms with Gasteiger partial charge >= 0.3 is 0 Å². The monoisotopic (exact) mass is 221 g/mol. The molecular formula is C9H10Cl2FN. The molecule has 0 amide bonds. The third-order valence-corrected chi connectivity index (χ3v) is 2.41. The number of nitrogens with zero attached hydrogens (tertiary/aromatic N) is 1. The summed E-state index contributed by atoms with van der Waals surface area (Å²) in [5.41, 5.74) is 0.381. The molecule has 1 unspecified atom stereocenters. The number of hydrogen-bond acceptors (Lipinski definition) is 1. The van der Waals surface area contributed by atoms with Crippen molar-refractivity contribution in [2.75, 3.05) is 0 Å².